The van der Waals surface area contributed by atoms with Crippen LogP contribution in [-0.4, -0.2) is 29.2 Å². The van der Waals surface area contributed by atoms with Gasteiger partial charge in [-0.05, 0) is 68.3 Å². The van der Waals surface area contributed by atoms with E-state index in [1.807, 2.05) is 6.92 Å². The van der Waals surface area contributed by atoms with Crippen molar-refractivity contribution in [3.63, 3.8) is 0 Å². The summed E-state index contributed by atoms with van der Waals surface area (Å²) in [6, 6.07) is 10.6. The molecule has 1 amide bonds. The maximum atomic E-state index is 13.1. The first kappa shape index (κ1) is 17.3. The van der Waals surface area contributed by atoms with E-state index in [0.717, 1.165) is 6.42 Å². The second-order valence-corrected chi connectivity index (χ2v) is 6.37. The molecule has 3 nitrogen and oxygen atoms in total. The number of halogens is 2. The second kappa shape index (κ2) is 7.13. The Morgan fingerprint density at radius 2 is 1.44 bits per heavy atom. The van der Waals surface area contributed by atoms with Crippen LogP contribution >= 0.6 is 0 Å². The predicted octanol–water partition coefficient (Wildman–Crippen LogP) is 4.09. The van der Waals surface area contributed by atoms with Gasteiger partial charge in [-0.3, -0.25) is 9.59 Å². The first-order valence-electron chi connectivity index (χ1n) is 8.33. The maximum absolute atomic E-state index is 13.1. The van der Waals surface area contributed by atoms with Gasteiger partial charge >= 0.3 is 0 Å². The van der Waals surface area contributed by atoms with Gasteiger partial charge in [0.15, 0.2) is 5.78 Å². The van der Waals surface area contributed by atoms with Crippen molar-refractivity contribution in [1.82, 2.24) is 4.90 Å². The van der Waals surface area contributed by atoms with Gasteiger partial charge in [0.1, 0.15) is 11.6 Å². The van der Waals surface area contributed by atoms with Crippen LogP contribution in [0.15, 0.2) is 48.5 Å². The first-order valence-corrected chi connectivity index (χ1v) is 8.33. The van der Waals surface area contributed by atoms with Gasteiger partial charge in [-0.25, -0.2) is 8.78 Å². The summed E-state index contributed by atoms with van der Waals surface area (Å²) in [6.45, 7) is 2.41. The van der Waals surface area contributed by atoms with Gasteiger partial charge in [0.25, 0.3) is 5.91 Å². The van der Waals surface area contributed by atoms with E-state index in [9.17, 15) is 18.4 Å². The second-order valence-electron chi connectivity index (χ2n) is 6.37. The number of carbonyl (C=O) groups excluding carboxylic acids is 2. The SMILES string of the molecule is C[C@H]1[C@@H](C(=O)c2ccc(F)cc2)CCCN1C(=O)c1ccc(F)cc1. The molecular weight excluding hydrogens is 324 g/mol. The third kappa shape index (κ3) is 3.60. The molecule has 0 aromatic heterocycles. The van der Waals surface area contributed by atoms with E-state index in [1.165, 1.54) is 48.5 Å². The number of hydrogen-bond acceptors (Lipinski definition) is 2. The van der Waals surface area contributed by atoms with Crippen molar-refractivity contribution in [2.45, 2.75) is 25.8 Å². The van der Waals surface area contributed by atoms with E-state index in [-0.39, 0.29) is 29.5 Å². The Kier molecular flexibility index (Phi) is 4.93. The van der Waals surface area contributed by atoms with E-state index < -0.39 is 5.82 Å². The standard InChI is InChI=1S/C20H19F2NO2/c1-13-18(19(24)14-4-8-16(21)9-5-14)3-2-12-23(13)20(25)15-6-10-17(22)11-7-15/h4-11,13,18H,2-3,12H2,1H3/t13-,18-/m0/s1. The molecular formula is C20H19F2NO2. The fourth-order valence-corrected chi connectivity index (χ4v) is 3.37. The number of amides is 1. The smallest absolute Gasteiger partial charge is 0.254 e. The lowest BCUT2D eigenvalue weighted by Crippen LogP contribution is -2.49. The van der Waals surface area contributed by atoms with Crippen molar-refractivity contribution in [3.05, 3.63) is 71.3 Å². The summed E-state index contributed by atoms with van der Waals surface area (Å²) in [5.41, 5.74) is 0.859. The molecule has 0 N–H and O–H groups in total. The molecule has 1 heterocycles. The van der Waals surface area contributed by atoms with Gasteiger partial charge in [0.05, 0.1) is 0 Å². The minimum atomic E-state index is -0.396. The van der Waals surface area contributed by atoms with E-state index in [0.29, 0.717) is 24.1 Å². The zero-order valence-electron chi connectivity index (χ0n) is 13.9. The zero-order chi connectivity index (χ0) is 18.0. The number of rotatable bonds is 3. The highest BCUT2D eigenvalue weighted by atomic mass is 19.1. The molecule has 130 valence electrons. The third-order valence-corrected chi connectivity index (χ3v) is 4.81. The summed E-state index contributed by atoms with van der Waals surface area (Å²) >= 11 is 0. The molecule has 0 saturated carbocycles. The molecule has 0 spiro atoms. The number of carbonyl (C=O) groups is 2. The number of likely N-dealkylation sites (tertiary alicyclic amines) is 1. The molecule has 1 aliphatic rings. The van der Waals surface area contributed by atoms with Crippen molar-refractivity contribution in [2.75, 3.05) is 6.54 Å². The van der Waals surface area contributed by atoms with Gasteiger partial charge in [-0.2, -0.15) is 0 Å². The highest BCUT2D eigenvalue weighted by Gasteiger charge is 2.36. The quantitative estimate of drug-likeness (QED) is 0.787. The number of hydrogen-bond donors (Lipinski definition) is 0. The molecule has 0 bridgehead atoms. The fourth-order valence-electron chi connectivity index (χ4n) is 3.37. The van der Waals surface area contributed by atoms with Crippen molar-refractivity contribution < 1.29 is 18.4 Å². The van der Waals surface area contributed by atoms with Crippen molar-refractivity contribution in [2.24, 2.45) is 5.92 Å². The fraction of sp³-hybridized carbons (Fsp3) is 0.300. The maximum Gasteiger partial charge on any atom is 0.254 e. The van der Waals surface area contributed by atoms with E-state index >= 15 is 0 Å². The molecule has 2 aromatic carbocycles. The van der Waals surface area contributed by atoms with Crippen LogP contribution in [0.25, 0.3) is 0 Å². The highest BCUT2D eigenvalue weighted by Crippen LogP contribution is 2.28. The van der Waals surface area contributed by atoms with Crippen LogP contribution < -0.4 is 0 Å². The van der Waals surface area contributed by atoms with Crippen LogP contribution in [0.5, 0.6) is 0 Å². The average Bonchev–Trinajstić information content (AvgIpc) is 2.62. The minimum absolute atomic E-state index is 0.0795. The van der Waals surface area contributed by atoms with Crippen molar-refractivity contribution >= 4 is 11.7 Å². The van der Waals surface area contributed by atoms with Crippen LogP contribution in [-0.2, 0) is 0 Å². The summed E-state index contributed by atoms with van der Waals surface area (Å²) in [6.07, 6.45) is 1.40. The Labute approximate surface area is 145 Å². The van der Waals surface area contributed by atoms with Gasteiger partial charge in [-0.1, -0.05) is 0 Å². The Balaban J connectivity index is 1.79. The number of ketones is 1. The van der Waals surface area contributed by atoms with Crippen molar-refractivity contribution in [3.8, 4) is 0 Å². The minimum Gasteiger partial charge on any atom is -0.335 e. The molecule has 0 unspecified atom stereocenters. The third-order valence-electron chi connectivity index (χ3n) is 4.81. The topological polar surface area (TPSA) is 37.4 Å². The monoisotopic (exact) mass is 343 g/mol. The van der Waals surface area contributed by atoms with Gasteiger partial charge < -0.3 is 4.90 Å². The number of Topliss-reactive ketones (excluding diaryl/α,β-unsaturated/α-hetero) is 1. The highest BCUT2D eigenvalue weighted by molar-refractivity contribution is 5.99. The Hall–Kier alpha value is -2.56. The normalized spacial score (nSPS) is 20.4. The number of benzene rings is 2. The molecule has 1 aliphatic heterocycles. The summed E-state index contributed by atoms with van der Waals surface area (Å²) in [4.78, 5) is 27.1. The lowest BCUT2D eigenvalue weighted by Gasteiger charge is -2.38. The Bertz CT molecular complexity index is 706. The number of nitrogens with zero attached hydrogens (tertiary/aromatic N) is 1. The molecule has 3 rings (SSSR count). The van der Waals surface area contributed by atoms with Crippen LogP contribution in [0.2, 0.25) is 0 Å². The molecule has 0 aliphatic carbocycles. The summed E-state index contributed by atoms with van der Waals surface area (Å²) < 4.78 is 26.1. The molecule has 2 aromatic rings. The zero-order valence-corrected chi connectivity index (χ0v) is 13.9. The van der Waals surface area contributed by atoms with Crippen LogP contribution in [0, 0.1) is 17.6 Å². The lowest BCUT2D eigenvalue weighted by molar-refractivity contribution is 0.0497. The van der Waals surface area contributed by atoms with E-state index in [2.05, 4.69) is 0 Å². The van der Waals surface area contributed by atoms with Crippen LogP contribution in [0.4, 0.5) is 8.78 Å². The Morgan fingerprint density at radius 1 is 0.920 bits per heavy atom. The van der Waals surface area contributed by atoms with Gasteiger partial charge in [-0.15, -0.1) is 0 Å². The summed E-state index contributed by atoms with van der Waals surface area (Å²) in [5, 5.41) is 0. The Morgan fingerprint density at radius 3 is 2.00 bits per heavy atom. The average molecular weight is 343 g/mol. The van der Waals surface area contributed by atoms with Gasteiger partial charge in [0, 0.05) is 29.6 Å². The summed E-state index contributed by atoms with van der Waals surface area (Å²) in [7, 11) is 0. The lowest BCUT2D eigenvalue weighted by atomic mass is 9.83. The summed E-state index contributed by atoms with van der Waals surface area (Å²) in [5.74, 6) is -1.40. The van der Waals surface area contributed by atoms with Crippen molar-refractivity contribution in [1.29, 1.82) is 0 Å². The predicted molar refractivity (Wildman–Crippen MR) is 90.4 cm³/mol. The molecule has 1 saturated heterocycles. The molecule has 1 fully saturated rings. The first-order chi connectivity index (χ1) is 12.0. The van der Waals surface area contributed by atoms with E-state index in [4.69, 9.17) is 0 Å². The molecule has 0 radical (unpaired) electrons. The largest absolute Gasteiger partial charge is 0.335 e. The molecule has 5 heteroatoms. The van der Waals surface area contributed by atoms with Crippen LogP contribution in [0.3, 0.4) is 0 Å². The number of piperidine rings is 1. The van der Waals surface area contributed by atoms with E-state index in [1.54, 1.807) is 4.90 Å². The van der Waals surface area contributed by atoms with Crippen LogP contribution in [0.1, 0.15) is 40.5 Å². The molecule has 25 heavy (non-hydrogen) atoms. The van der Waals surface area contributed by atoms with Gasteiger partial charge in [0.2, 0.25) is 0 Å². The molecule has 2 atom stereocenters.